The van der Waals surface area contributed by atoms with Crippen molar-refractivity contribution in [2.45, 2.75) is 46.1 Å². The minimum absolute atomic E-state index is 0.257. The van der Waals surface area contributed by atoms with Crippen molar-refractivity contribution in [3.63, 3.8) is 0 Å². The van der Waals surface area contributed by atoms with E-state index >= 15 is 0 Å². The second-order valence-corrected chi connectivity index (χ2v) is 5.23. The highest BCUT2D eigenvalue weighted by molar-refractivity contribution is 5.21. The molecule has 4 nitrogen and oxygen atoms in total. The molecule has 2 heterocycles. The predicted octanol–water partition coefficient (Wildman–Crippen LogP) is 3.35. The lowest BCUT2D eigenvalue weighted by Crippen LogP contribution is -2.21. The lowest BCUT2D eigenvalue weighted by Gasteiger charge is -2.04. The molecular formula is C14H18F3N3O. The first kappa shape index (κ1) is 15.6. The molecule has 2 aromatic rings. The molecule has 0 atom stereocenters. The predicted molar refractivity (Wildman–Crippen MR) is 71.8 cm³/mol. The van der Waals surface area contributed by atoms with Gasteiger partial charge in [0, 0.05) is 17.8 Å². The molecule has 116 valence electrons. The zero-order chi connectivity index (χ0) is 15.6. The van der Waals surface area contributed by atoms with Crippen molar-refractivity contribution in [2.75, 3.05) is 0 Å². The zero-order valence-electron chi connectivity index (χ0n) is 12.2. The highest BCUT2D eigenvalue weighted by Gasteiger charge is 2.33. The van der Waals surface area contributed by atoms with Gasteiger partial charge in [0.05, 0.1) is 13.1 Å². The quantitative estimate of drug-likeness (QED) is 0.921. The number of hydrogen-bond donors (Lipinski definition) is 1. The monoisotopic (exact) mass is 301 g/mol. The number of halogens is 3. The van der Waals surface area contributed by atoms with Crippen molar-refractivity contribution in [2.24, 2.45) is 0 Å². The molecule has 0 aliphatic heterocycles. The Morgan fingerprint density at radius 2 is 2.10 bits per heavy atom. The minimum Gasteiger partial charge on any atom is -0.465 e. The second-order valence-electron chi connectivity index (χ2n) is 5.23. The molecule has 0 unspecified atom stereocenters. The first-order valence-electron chi connectivity index (χ1n) is 6.68. The third-order valence-corrected chi connectivity index (χ3v) is 3.02. The van der Waals surface area contributed by atoms with E-state index in [0.29, 0.717) is 18.3 Å². The van der Waals surface area contributed by atoms with Gasteiger partial charge < -0.3 is 9.73 Å². The fourth-order valence-electron chi connectivity index (χ4n) is 1.91. The molecule has 0 amide bonds. The summed E-state index contributed by atoms with van der Waals surface area (Å²) in [6.07, 6.45) is -3.09. The van der Waals surface area contributed by atoms with Crippen LogP contribution in [-0.2, 0) is 19.3 Å². The van der Waals surface area contributed by atoms with Crippen LogP contribution in [0.25, 0.3) is 0 Å². The molecule has 0 radical (unpaired) electrons. The molecule has 0 saturated carbocycles. The molecule has 0 saturated heterocycles. The summed E-state index contributed by atoms with van der Waals surface area (Å²) in [5, 5.41) is 6.76. The summed E-state index contributed by atoms with van der Waals surface area (Å²) in [5.74, 6) is 1.46. The van der Waals surface area contributed by atoms with E-state index in [4.69, 9.17) is 4.42 Å². The van der Waals surface area contributed by atoms with E-state index in [1.165, 1.54) is 10.9 Å². The van der Waals surface area contributed by atoms with Gasteiger partial charge in [0.2, 0.25) is 0 Å². The number of alkyl halides is 3. The molecule has 2 aromatic heterocycles. The molecule has 0 bridgehead atoms. The minimum atomic E-state index is -4.41. The van der Waals surface area contributed by atoms with E-state index in [0.717, 1.165) is 17.4 Å². The molecule has 0 fully saturated rings. The van der Waals surface area contributed by atoms with Gasteiger partial charge in [-0.05, 0) is 19.1 Å². The smallest absolute Gasteiger partial charge is 0.435 e. The van der Waals surface area contributed by atoms with Crippen LogP contribution in [0, 0.1) is 6.92 Å². The van der Waals surface area contributed by atoms with E-state index in [1.807, 2.05) is 19.9 Å². The fourth-order valence-corrected chi connectivity index (χ4v) is 1.91. The van der Waals surface area contributed by atoms with Crippen molar-refractivity contribution in [1.82, 2.24) is 15.1 Å². The highest BCUT2D eigenvalue weighted by Crippen LogP contribution is 2.27. The number of nitrogens with one attached hydrogen (secondary N) is 1. The van der Waals surface area contributed by atoms with Gasteiger partial charge in [0.1, 0.15) is 11.5 Å². The maximum absolute atomic E-state index is 12.5. The highest BCUT2D eigenvalue weighted by atomic mass is 19.4. The summed E-state index contributed by atoms with van der Waals surface area (Å²) >= 11 is 0. The Bertz CT molecular complexity index is 599. The van der Waals surface area contributed by atoms with Crippen LogP contribution in [0.4, 0.5) is 13.2 Å². The van der Waals surface area contributed by atoms with Crippen molar-refractivity contribution in [1.29, 1.82) is 0 Å². The van der Waals surface area contributed by atoms with Crippen LogP contribution in [0.2, 0.25) is 0 Å². The summed E-state index contributed by atoms with van der Waals surface area (Å²) in [7, 11) is 0. The van der Waals surface area contributed by atoms with Crippen molar-refractivity contribution >= 4 is 0 Å². The van der Waals surface area contributed by atoms with Gasteiger partial charge >= 0.3 is 6.18 Å². The largest absolute Gasteiger partial charge is 0.465 e. The topological polar surface area (TPSA) is 43.0 Å². The van der Waals surface area contributed by atoms with Crippen LogP contribution < -0.4 is 5.32 Å². The number of aryl methyl sites for hydroxylation is 1. The van der Waals surface area contributed by atoms with Gasteiger partial charge in [-0.2, -0.15) is 18.3 Å². The summed E-state index contributed by atoms with van der Waals surface area (Å²) in [5.41, 5.74) is -0.0577. The Morgan fingerprint density at radius 3 is 2.67 bits per heavy atom. The third kappa shape index (κ3) is 4.10. The van der Waals surface area contributed by atoms with Gasteiger partial charge in [0.15, 0.2) is 5.69 Å². The number of aromatic nitrogens is 2. The molecule has 7 heteroatoms. The lowest BCUT2D eigenvalue weighted by atomic mass is 10.2. The maximum Gasteiger partial charge on any atom is 0.435 e. The first-order chi connectivity index (χ1) is 9.75. The summed E-state index contributed by atoms with van der Waals surface area (Å²) in [6.45, 7) is 6.69. The van der Waals surface area contributed by atoms with Crippen LogP contribution in [-0.4, -0.2) is 15.8 Å². The Hall–Kier alpha value is -1.76. The third-order valence-electron chi connectivity index (χ3n) is 3.02. The summed E-state index contributed by atoms with van der Waals surface area (Å²) < 4.78 is 44.3. The molecule has 0 aromatic carbocycles. The van der Waals surface area contributed by atoms with Crippen molar-refractivity contribution < 1.29 is 17.6 Å². The molecule has 0 aliphatic rings. The van der Waals surface area contributed by atoms with Crippen molar-refractivity contribution in [3.8, 4) is 0 Å². The Balaban J connectivity index is 2.07. The molecule has 0 spiro atoms. The van der Waals surface area contributed by atoms with Crippen LogP contribution >= 0.6 is 0 Å². The summed E-state index contributed by atoms with van der Waals surface area (Å²) in [6, 6.07) is 3.15. The van der Waals surface area contributed by atoms with Gasteiger partial charge in [-0.1, -0.05) is 13.8 Å². The zero-order valence-corrected chi connectivity index (χ0v) is 12.2. The number of furan rings is 1. The van der Waals surface area contributed by atoms with Crippen LogP contribution in [0.1, 0.15) is 36.6 Å². The van der Waals surface area contributed by atoms with E-state index in [9.17, 15) is 13.2 Å². The van der Waals surface area contributed by atoms with E-state index in [-0.39, 0.29) is 6.54 Å². The average Bonchev–Trinajstić information content (AvgIpc) is 2.95. The van der Waals surface area contributed by atoms with E-state index in [1.54, 1.807) is 6.92 Å². The normalized spacial score (nSPS) is 12.3. The number of hydrogen-bond acceptors (Lipinski definition) is 3. The fraction of sp³-hybridized carbons (Fsp3) is 0.500. The summed E-state index contributed by atoms with van der Waals surface area (Å²) in [4.78, 5) is 0. The molecular weight excluding hydrogens is 283 g/mol. The van der Waals surface area contributed by atoms with Crippen LogP contribution in [0.5, 0.6) is 0 Å². The standard InChI is InChI=1S/C14H18F3N3O/c1-9(2)18-7-12-6-11(10(3)21-12)8-20-5-4-13(19-20)14(15,16)17/h4-6,9,18H,7-8H2,1-3H3. The Labute approximate surface area is 120 Å². The first-order valence-corrected chi connectivity index (χ1v) is 6.68. The van der Waals surface area contributed by atoms with E-state index in [2.05, 4.69) is 10.4 Å². The number of rotatable bonds is 5. The molecule has 0 aliphatic carbocycles. The van der Waals surface area contributed by atoms with Gasteiger partial charge in [-0.15, -0.1) is 0 Å². The van der Waals surface area contributed by atoms with Gasteiger partial charge in [-0.3, -0.25) is 4.68 Å². The van der Waals surface area contributed by atoms with Crippen LogP contribution in [0.3, 0.4) is 0 Å². The van der Waals surface area contributed by atoms with Crippen molar-refractivity contribution in [3.05, 3.63) is 41.1 Å². The van der Waals surface area contributed by atoms with E-state index < -0.39 is 11.9 Å². The molecule has 2 rings (SSSR count). The maximum atomic E-state index is 12.5. The lowest BCUT2D eigenvalue weighted by molar-refractivity contribution is -0.141. The van der Waals surface area contributed by atoms with Gasteiger partial charge in [-0.25, -0.2) is 0 Å². The van der Waals surface area contributed by atoms with Gasteiger partial charge in [0.25, 0.3) is 0 Å². The second kappa shape index (κ2) is 5.93. The SMILES string of the molecule is Cc1oc(CNC(C)C)cc1Cn1ccc(C(F)(F)F)n1. The molecule has 1 N–H and O–H groups in total. The molecule has 21 heavy (non-hydrogen) atoms. The average molecular weight is 301 g/mol. The Kier molecular flexibility index (Phi) is 4.41. The van der Waals surface area contributed by atoms with Crippen LogP contribution in [0.15, 0.2) is 22.7 Å². The number of nitrogens with zero attached hydrogens (tertiary/aromatic N) is 2. The Morgan fingerprint density at radius 1 is 1.38 bits per heavy atom.